The molecule has 9 heteroatoms. The number of alkyl halides is 3. The van der Waals surface area contributed by atoms with Gasteiger partial charge in [0.25, 0.3) is 5.91 Å². The van der Waals surface area contributed by atoms with Crippen molar-refractivity contribution in [2.45, 2.75) is 26.6 Å². The molecule has 0 saturated heterocycles. The maximum atomic E-state index is 13.1. The van der Waals surface area contributed by atoms with Crippen LogP contribution in [-0.4, -0.2) is 24.2 Å². The number of benzene rings is 1. The molecule has 136 valence electrons. The lowest BCUT2D eigenvalue weighted by Crippen LogP contribution is -2.21. The molecule has 1 amide bonds. The summed E-state index contributed by atoms with van der Waals surface area (Å²) in [6.07, 6.45) is -4.67. The highest BCUT2D eigenvalue weighted by atomic mass is 35.5. The second-order valence-corrected chi connectivity index (χ2v) is 6.89. The fourth-order valence-corrected chi connectivity index (χ4v) is 3.39. The Morgan fingerprint density at radius 3 is 2.64 bits per heavy atom. The Morgan fingerprint density at radius 1 is 1.36 bits per heavy atom. The van der Waals surface area contributed by atoms with Crippen molar-refractivity contribution in [1.29, 1.82) is 0 Å². The summed E-state index contributed by atoms with van der Waals surface area (Å²) in [7, 11) is 1.54. The monoisotopic (exact) mass is 392 g/mol. The molecule has 0 atom stereocenters. The Morgan fingerprint density at radius 2 is 2.04 bits per heavy atom. The molecular formula is C16H16ClF3N2O2S. The second-order valence-electron chi connectivity index (χ2n) is 5.28. The summed E-state index contributed by atoms with van der Waals surface area (Å²) in [5, 5.41) is 0.0392. The van der Waals surface area contributed by atoms with Gasteiger partial charge in [0.2, 0.25) is 0 Å². The third kappa shape index (κ3) is 4.50. The average Bonchev–Trinajstić information content (AvgIpc) is 2.78. The fraction of sp³-hybridized carbons (Fsp3) is 0.375. The van der Waals surface area contributed by atoms with E-state index in [9.17, 15) is 18.0 Å². The summed E-state index contributed by atoms with van der Waals surface area (Å²) in [6, 6.07) is 2.87. The summed E-state index contributed by atoms with van der Waals surface area (Å²) >= 11 is 7.00. The number of methoxy groups -OCH3 is 1. The number of amides is 1. The van der Waals surface area contributed by atoms with Gasteiger partial charge >= 0.3 is 6.18 Å². The molecular weight excluding hydrogens is 377 g/mol. The van der Waals surface area contributed by atoms with Crippen molar-refractivity contribution in [3.8, 4) is 0 Å². The number of aryl methyl sites for hydroxylation is 1. The molecule has 0 aliphatic carbocycles. The molecule has 0 radical (unpaired) electrons. The third-order valence-corrected chi connectivity index (χ3v) is 4.95. The highest BCUT2D eigenvalue weighted by molar-refractivity contribution is 7.09. The SMILES string of the molecule is COCCn1c(C)c(C)sc1=NC(=O)c1cc(Cl)ccc1C(F)(F)F. The first kappa shape index (κ1) is 19.7. The van der Waals surface area contributed by atoms with Gasteiger partial charge in [0.1, 0.15) is 0 Å². The maximum Gasteiger partial charge on any atom is 0.417 e. The highest BCUT2D eigenvalue weighted by Crippen LogP contribution is 2.33. The molecule has 2 aromatic rings. The van der Waals surface area contributed by atoms with Crippen LogP contribution >= 0.6 is 22.9 Å². The molecule has 0 bridgehead atoms. The van der Waals surface area contributed by atoms with E-state index in [1.807, 2.05) is 13.8 Å². The van der Waals surface area contributed by atoms with E-state index in [0.29, 0.717) is 18.0 Å². The zero-order valence-electron chi connectivity index (χ0n) is 13.8. The van der Waals surface area contributed by atoms with Crippen molar-refractivity contribution in [3.63, 3.8) is 0 Å². The summed E-state index contributed by atoms with van der Waals surface area (Å²) in [4.78, 5) is 17.6. The van der Waals surface area contributed by atoms with Crippen molar-refractivity contribution in [2.24, 2.45) is 4.99 Å². The molecule has 1 aromatic carbocycles. The minimum Gasteiger partial charge on any atom is -0.383 e. The number of hydrogen-bond donors (Lipinski definition) is 0. The number of halogens is 4. The van der Waals surface area contributed by atoms with Gasteiger partial charge in [-0.15, -0.1) is 11.3 Å². The highest BCUT2D eigenvalue weighted by Gasteiger charge is 2.35. The number of ether oxygens (including phenoxy) is 1. The second kappa shape index (κ2) is 7.72. The van der Waals surface area contributed by atoms with Gasteiger partial charge in [-0.1, -0.05) is 11.6 Å². The average molecular weight is 393 g/mol. The van der Waals surface area contributed by atoms with Crippen molar-refractivity contribution in [1.82, 2.24) is 4.57 Å². The van der Waals surface area contributed by atoms with E-state index in [1.54, 1.807) is 11.7 Å². The molecule has 0 N–H and O–H groups in total. The number of carbonyl (C=O) groups is 1. The van der Waals surface area contributed by atoms with Gasteiger partial charge in [0, 0.05) is 29.2 Å². The molecule has 0 unspecified atom stereocenters. The minimum absolute atomic E-state index is 0.0392. The lowest BCUT2D eigenvalue weighted by molar-refractivity contribution is -0.137. The predicted molar refractivity (Wildman–Crippen MR) is 90.0 cm³/mol. The van der Waals surface area contributed by atoms with Crippen LogP contribution in [0.3, 0.4) is 0 Å². The van der Waals surface area contributed by atoms with E-state index in [0.717, 1.165) is 28.8 Å². The quantitative estimate of drug-likeness (QED) is 0.781. The Balaban J connectivity index is 2.55. The summed E-state index contributed by atoms with van der Waals surface area (Å²) < 4.78 is 46.2. The lowest BCUT2D eigenvalue weighted by Gasteiger charge is -2.10. The topological polar surface area (TPSA) is 43.6 Å². The van der Waals surface area contributed by atoms with Crippen LogP contribution in [0.2, 0.25) is 5.02 Å². The van der Waals surface area contributed by atoms with Crippen LogP contribution in [0.5, 0.6) is 0 Å². The van der Waals surface area contributed by atoms with Gasteiger partial charge in [-0.3, -0.25) is 4.79 Å². The molecule has 4 nitrogen and oxygen atoms in total. The summed E-state index contributed by atoms with van der Waals surface area (Å²) in [5.74, 6) is -0.984. The van der Waals surface area contributed by atoms with Gasteiger partial charge in [0.05, 0.1) is 17.7 Å². The number of rotatable bonds is 4. The standard InChI is InChI=1S/C16H16ClF3N2O2S/c1-9-10(2)25-15(22(9)6-7-24-3)21-14(23)12-8-11(17)4-5-13(12)16(18,19)20/h4-5,8H,6-7H2,1-3H3. The maximum absolute atomic E-state index is 13.1. The van der Waals surface area contributed by atoms with E-state index in [4.69, 9.17) is 16.3 Å². The van der Waals surface area contributed by atoms with Crippen LogP contribution in [0.4, 0.5) is 13.2 Å². The van der Waals surface area contributed by atoms with Crippen molar-refractivity contribution >= 4 is 28.8 Å². The lowest BCUT2D eigenvalue weighted by atomic mass is 10.1. The van der Waals surface area contributed by atoms with Crippen molar-refractivity contribution in [2.75, 3.05) is 13.7 Å². The number of carbonyl (C=O) groups excluding carboxylic acids is 1. The smallest absolute Gasteiger partial charge is 0.383 e. The summed E-state index contributed by atoms with van der Waals surface area (Å²) in [5.41, 5.74) is -0.739. The molecule has 0 aliphatic rings. The first-order valence-corrected chi connectivity index (χ1v) is 8.46. The molecule has 1 aromatic heterocycles. The number of aromatic nitrogens is 1. The van der Waals surface area contributed by atoms with Gasteiger partial charge in [0.15, 0.2) is 4.80 Å². The van der Waals surface area contributed by atoms with Gasteiger partial charge in [-0.05, 0) is 32.0 Å². The first-order chi connectivity index (χ1) is 11.6. The predicted octanol–water partition coefficient (Wildman–Crippen LogP) is 4.23. The van der Waals surface area contributed by atoms with Crippen LogP contribution in [0, 0.1) is 13.8 Å². The van der Waals surface area contributed by atoms with E-state index in [1.165, 1.54) is 11.3 Å². The van der Waals surface area contributed by atoms with E-state index < -0.39 is 23.2 Å². The molecule has 1 heterocycles. The minimum atomic E-state index is -4.67. The fourth-order valence-electron chi connectivity index (χ4n) is 2.22. The van der Waals surface area contributed by atoms with Gasteiger partial charge in [-0.25, -0.2) is 0 Å². The first-order valence-electron chi connectivity index (χ1n) is 7.26. The summed E-state index contributed by atoms with van der Waals surface area (Å²) in [6.45, 7) is 4.54. The van der Waals surface area contributed by atoms with Crippen LogP contribution in [0.15, 0.2) is 23.2 Å². The van der Waals surface area contributed by atoms with Crippen LogP contribution in [-0.2, 0) is 17.5 Å². The largest absolute Gasteiger partial charge is 0.417 e. The molecule has 0 spiro atoms. The van der Waals surface area contributed by atoms with Crippen LogP contribution < -0.4 is 4.80 Å². The molecule has 0 saturated carbocycles. The molecule has 2 rings (SSSR count). The third-order valence-electron chi connectivity index (χ3n) is 3.62. The van der Waals surface area contributed by atoms with Crippen LogP contribution in [0.25, 0.3) is 0 Å². The van der Waals surface area contributed by atoms with Crippen molar-refractivity contribution < 1.29 is 22.7 Å². The van der Waals surface area contributed by atoms with Crippen LogP contribution in [0.1, 0.15) is 26.5 Å². The Labute approximate surface area is 151 Å². The Kier molecular flexibility index (Phi) is 6.08. The van der Waals surface area contributed by atoms with E-state index in [2.05, 4.69) is 4.99 Å². The zero-order valence-corrected chi connectivity index (χ0v) is 15.3. The number of nitrogens with zero attached hydrogens (tertiary/aromatic N) is 2. The molecule has 0 aliphatic heterocycles. The van der Waals surface area contributed by atoms with Crippen molar-refractivity contribution in [3.05, 3.63) is 49.7 Å². The Hall–Kier alpha value is -1.64. The normalized spacial score (nSPS) is 12.7. The zero-order chi connectivity index (χ0) is 18.8. The molecule has 0 fully saturated rings. The number of thiazole rings is 1. The van der Waals surface area contributed by atoms with E-state index in [-0.39, 0.29) is 5.02 Å². The van der Waals surface area contributed by atoms with Gasteiger partial charge in [-0.2, -0.15) is 18.2 Å². The molecule has 25 heavy (non-hydrogen) atoms. The number of hydrogen-bond acceptors (Lipinski definition) is 3. The van der Waals surface area contributed by atoms with Gasteiger partial charge < -0.3 is 9.30 Å². The van der Waals surface area contributed by atoms with E-state index >= 15 is 0 Å². The Bertz CT molecular complexity index is 856.